The van der Waals surface area contributed by atoms with Crippen molar-refractivity contribution in [2.45, 2.75) is 45.2 Å². The second kappa shape index (κ2) is 3.86. The molecule has 1 saturated carbocycles. The summed E-state index contributed by atoms with van der Waals surface area (Å²) in [6.07, 6.45) is 0.732. The summed E-state index contributed by atoms with van der Waals surface area (Å²) in [4.78, 5) is 10.8. The molecule has 0 amide bonds. The van der Waals surface area contributed by atoms with Gasteiger partial charge >= 0.3 is 5.97 Å². The standard InChI is InChI=1S/C12H18O4/c1-7-5-9(6-14-8(2)13)11-10(7)15-12(3,4)16-11/h9-11H,1,5-6H2,2-4H3/t9-,10+,11-/m1/s1. The Morgan fingerprint density at radius 3 is 2.88 bits per heavy atom. The Kier molecular flexibility index (Phi) is 2.80. The number of hydrogen-bond acceptors (Lipinski definition) is 4. The number of rotatable bonds is 2. The highest BCUT2D eigenvalue weighted by atomic mass is 16.8. The SMILES string of the molecule is C=C1C[C@H](COC(C)=O)[C@H]2OC(C)(C)O[C@@H]12. The van der Waals surface area contributed by atoms with Crippen molar-refractivity contribution in [3.63, 3.8) is 0 Å². The molecule has 4 heteroatoms. The van der Waals surface area contributed by atoms with Crippen molar-refractivity contribution < 1.29 is 19.0 Å². The Bertz CT molecular complexity index is 321. The smallest absolute Gasteiger partial charge is 0.302 e. The van der Waals surface area contributed by atoms with Gasteiger partial charge in [-0.05, 0) is 25.8 Å². The Morgan fingerprint density at radius 1 is 1.56 bits per heavy atom. The lowest BCUT2D eigenvalue weighted by molar-refractivity contribution is -0.157. The molecule has 0 radical (unpaired) electrons. The Labute approximate surface area is 95.6 Å². The van der Waals surface area contributed by atoms with Crippen molar-refractivity contribution in [2.75, 3.05) is 6.61 Å². The van der Waals surface area contributed by atoms with Crippen LogP contribution in [0.3, 0.4) is 0 Å². The van der Waals surface area contributed by atoms with E-state index in [1.165, 1.54) is 6.92 Å². The maximum absolute atomic E-state index is 10.8. The van der Waals surface area contributed by atoms with Gasteiger partial charge in [0.2, 0.25) is 0 Å². The number of esters is 1. The van der Waals surface area contributed by atoms with Crippen LogP contribution in [0.15, 0.2) is 12.2 Å². The molecule has 4 nitrogen and oxygen atoms in total. The van der Waals surface area contributed by atoms with E-state index in [0.717, 1.165) is 12.0 Å². The lowest BCUT2D eigenvalue weighted by atomic mass is 10.1. The molecule has 0 spiro atoms. The van der Waals surface area contributed by atoms with Gasteiger partial charge in [-0.3, -0.25) is 4.79 Å². The van der Waals surface area contributed by atoms with E-state index in [1.54, 1.807) is 0 Å². The first kappa shape index (κ1) is 11.6. The molecule has 0 bridgehead atoms. The lowest BCUT2D eigenvalue weighted by Crippen LogP contribution is -2.28. The average Bonchev–Trinajstić information content (AvgIpc) is 2.59. The number of carbonyl (C=O) groups excluding carboxylic acids is 1. The number of carbonyl (C=O) groups is 1. The van der Waals surface area contributed by atoms with Crippen LogP contribution in [0.25, 0.3) is 0 Å². The van der Waals surface area contributed by atoms with E-state index < -0.39 is 5.79 Å². The molecular weight excluding hydrogens is 208 g/mol. The average molecular weight is 226 g/mol. The van der Waals surface area contributed by atoms with Gasteiger partial charge < -0.3 is 14.2 Å². The van der Waals surface area contributed by atoms with Gasteiger partial charge in [0.15, 0.2) is 5.79 Å². The zero-order chi connectivity index (χ0) is 11.9. The molecule has 1 saturated heterocycles. The third kappa shape index (κ3) is 2.13. The molecule has 0 unspecified atom stereocenters. The summed E-state index contributed by atoms with van der Waals surface area (Å²) < 4.78 is 16.6. The van der Waals surface area contributed by atoms with Crippen LogP contribution in [0.1, 0.15) is 27.2 Å². The first-order valence-electron chi connectivity index (χ1n) is 5.56. The molecule has 1 heterocycles. The van der Waals surface area contributed by atoms with Crippen molar-refractivity contribution in [3.8, 4) is 0 Å². The van der Waals surface area contributed by atoms with Gasteiger partial charge in [0.1, 0.15) is 6.10 Å². The normalized spacial score (nSPS) is 36.2. The van der Waals surface area contributed by atoms with E-state index in [2.05, 4.69) is 6.58 Å². The molecule has 16 heavy (non-hydrogen) atoms. The Morgan fingerprint density at radius 2 is 2.25 bits per heavy atom. The first-order chi connectivity index (χ1) is 7.39. The van der Waals surface area contributed by atoms with Crippen molar-refractivity contribution in [1.82, 2.24) is 0 Å². The topological polar surface area (TPSA) is 44.8 Å². The van der Waals surface area contributed by atoms with Gasteiger partial charge in [-0.25, -0.2) is 0 Å². The van der Waals surface area contributed by atoms with Crippen LogP contribution in [0, 0.1) is 5.92 Å². The predicted octanol–water partition coefficient (Wildman–Crippen LogP) is 1.65. The van der Waals surface area contributed by atoms with E-state index in [9.17, 15) is 4.79 Å². The minimum atomic E-state index is -0.562. The van der Waals surface area contributed by atoms with Crippen LogP contribution >= 0.6 is 0 Å². The van der Waals surface area contributed by atoms with Gasteiger partial charge in [-0.1, -0.05) is 6.58 Å². The number of fused-ring (bicyclic) bond motifs is 1. The molecule has 0 N–H and O–H groups in total. The molecule has 3 atom stereocenters. The van der Waals surface area contributed by atoms with Gasteiger partial charge in [-0.2, -0.15) is 0 Å². The summed E-state index contributed by atoms with van der Waals surface area (Å²) in [5.41, 5.74) is 1.03. The van der Waals surface area contributed by atoms with E-state index in [0.29, 0.717) is 6.61 Å². The Hall–Kier alpha value is -0.870. The van der Waals surface area contributed by atoms with Gasteiger partial charge in [0, 0.05) is 12.8 Å². The van der Waals surface area contributed by atoms with E-state index in [-0.39, 0.29) is 24.1 Å². The first-order valence-corrected chi connectivity index (χ1v) is 5.56. The monoisotopic (exact) mass is 226 g/mol. The second-order valence-electron chi connectivity index (χ2n) is 4.95. The molecule has 2 fully saturated rings. The van der Waals surface area contributed by atoms with E-state index >= 15 is 0 Å². The minimum Gasteiger partial charge on any atom is -0.465 e. The maximum atomic E-state index is 10.8. The van der Waals surface area contributed by atoms with Crippen molar-refractivity contribution >= 4 is 5.97 Å². The quantitative estimate of drug-likeness (QED) is 0.530. The van der Waals surface area contributed by atoms with E-state index in [1.807, 2.05) is 13.8 Å². The number of hydrogen-bond donors (Lipinski definition) is 0. The third-order valence-electron chi connectivity index (χ3n) is 3.02. The Balaban J connectivity index is 2.02. The fraction of sp³-hybridized carbons (Fsp3) is 0.750. The van der Waals surface area contributed by atoms with Crippen molar-refractivity contribution in [1.29, 1.82) is 0 Å². The molecule has 2 aliphatic rings. The highest BCUT2D eigenvalue weighted by Gasteiger charge is 2.51. The van der Waals surface area contributed by atoms with Crippen molar-refractivity contribution in [3.05, 3.63) is 12.2 Å². The maximum Gasteiger partial charge on any atom is 0.302 e. The van der Waals surface area contributed by atoms with Crippen LogP contribution in [0.5, 0.6) is 0 Å². The molecule has 0 aromatic rings. The van der Waals surface area contributed by atoms with Gasteiger partial charge in [-0.15, -0.1) is 0 Å². The van der Waals surface area contributed by atoms with Crippen LogP contribution in [-0.4, -0.2) is 30.6 Å². The molecule has 1 aliphatic carbocycles. The molecule has 2 rings (SSSR count). The van der Waals surface area contributed by atoms with Crippen LogP contribution < -0.4 is 0 Å². The lowest BCUT2D eigenvalue weighted by Gasteiger charge is -2.21. The predicted molar refractivity (Wildman–Crippen MR) is 57.7 cm³/mol. The molecular formula is C12H18O4. The number of ether oxygens (including phenoxy) is 3. The highest BCUT2D eigenvalue weighted by Crippen LogP contribution is 2.43. The summed E-state index contributed by atoms with van der Waals surface area (Å²) in [5, 5.41) is 0. The zero-order valence-electron chi connectivity index (χ0n) is 9.99. The molecule has 0 aromatic heterocycles. The fourth-order valence-electron chi connectivity index (χ4n) is 2.40. The van der Waals surface area contributed by atoms with Crippen LogP contribution in [0.4, 0.5) is 0 Å². The summed E-state index contributed by atoms with van der Waals surface area (Å²) in [6.45, 7) is 9.57. The highest BCUT2D eigenvalue weighted by molar-refractivity contribution is 5.65. The van der Waals surface area contributed by atoms with Crippen LogP contribution in [-0.2, 0) is 19.0 Å². The summed E-state index contributed by atoms with van der Waals surface area (Å²) in [7, 11) is 0. The van der Waals surface area contributed by atoms with Crippen molar-refractivity contribution in [2.24, 2.45) is 5.92 Å². The largest absolute Gasteiger partial charge is 0.465 e. The molecule has 0 aromatic carbocycles. The summed E-state index contributed by atoms with van der Waals surface area (Å²) >= 11 is 0. The minimum absolute atomic E-state index is 0.0261. The van der Waals surface area contributed by atoms with Crippen LogP contribution in [0.2, 0.25) is 0 Å². The summed E-state index contributed by atoms with van der Waals surface area (Å²) in [5.74, 6) is -0.650. The fourth-order valence-corrected chi connectivity index (χ4v) is 2.40. The van der Waals surface area contributed by atoms with E-state index in [4.69, 9.17) is 14.2 Å². The molecule has 1 aliphatic heterocycles. The third-order valence-corrected chi connectivity index (χ3v) is 3.02. The van der Waals surface area contributed by atoms with Gasteiger partial charge in [0.25, 0.3) is 0 Å². The second-order valence-corrected chi connectivity index (χ2v) is 4.95. The molecule has 90 valence electrons. The summed E-state index contributed by atoms with van der Waals surface area (Å²) in [6, 6.07) is 0. The zero-order valence-corrected chi connectivity index (χ0v) is 9.99. The van der Waals surface area contributed by atoms with Gasteiger partial charge in [0.05, 0.1) is 12.7 Å².